The van der Waals surface area contributed by atoms with Crippen molar-refractivity contribution in [2.24, 2.45) is 11.7 Å². The smallest absolute Gasteiger partial charge is 0.237 e. The molecule has 0 aliphatic rings. The van der Waals surface area contributed by atoms with Gasteiger partial charge in [-0.2, -0.15) is 0 Å². The van der Waals surface area contributed by atoms with Crippen LogP contribution in [0.25, 0.3) is 10.8 Å². The van der Waals surface area contributed by atoms with Gasteiger partial charge in [-0.25, -0.2) is 0 Å². The third kappa shape index (κ3) is 3.81. The third-order valence-corrected chi connectivity index (χ3v) is 3.34. The molecule has 3 heteroatoms. The Labute approximate surface area is 120 Å². The topological polar surface area (TPSA) is 55.1 Å². The van der Waals surface area contributed by atoms with Crippen LogP contribution in [0.5, 0.6) is 0 Å². The summed E-state index contributed by atoms with van der Waals surface area (Å²) >= 11 is 0. The molecule has 0 aliphatic carbocycles. The van der Waals surface area contributed by atoms with Gasteiger partial charge in [-0.3, -0.25) is 4.79 Å². The van der Waals surface area contributed by atoms with Crippen molar-refractivity contribution in [3.8, 4) is 0 Å². The van der Waals surface area contributed by atoms with Crippen molar-refractivity contribution >= 4 is 16.7 Å². The lowest BCUT2D eigenvalue weighted by molar-refractivity contribution is -0.122. The Morgan fingerprint density at radius 3 is 2.55 bits per heavy atom. The monoisotopic (exact) mass is 270 g/mol. The number of carbonyl (C=O) groups excluding carboxylic acids is 1. The van der Waals surface area contributed by atoms with Crippen molar-refractivity contribution in [3.05, 3.63) is 48.0 Å². The fourth-order valence-electron chi connectivity index (χ4n) is 2.28. The average Bonchev–Trinajstić information content (AvgIpc) is 2.43. The standard InChI is InChI=1S/C17H22N2O/c1-12(2)9-16(18)17(20)19-11-13-7-8-14-5-3-4-6-15(14)10-13/h3-8,10,12,16H,9,11,18H2,1-2H3,(H,19,20)/t16-/m0/s1. The molecule has 106 valence electrons. The van der Waals surface area contributed by atoms with Gasteiger partial charge in [0, 0.05) is 6.54 Å². The molecule has 0 aliphatic heterocycles. The highest BCUT2D eigenvalue weighted by Gasteiger charge is 2.14. The Morgan fingerprint density at radius 1 is 1.15 bits per heavy atom. The zero-order chi connectivity index (χ0) is 14.5. The van der Waals surface area contributed by atoms with E-state index < -0.39 is 6.04 Å². The maximum absolute atomic E-state index is 11.9. The molecule has 2 rings (SSSR count). The summed E-state index contributed by atoms with van der Waals surface area (Å²) in [6.07, 6.45) is 0.712. The maximum Gasteiger partial charge on any atom is 0.237 e. The number of nitrogens with two attached hydrogens (primary N) is 1. The first kappa shape index (κ1) is 14.5. The molecule has 20 heavy (non-hydrogen) atoms. The molecule has 1 atom stereocenters. The van der Waals surface area contributed by atoms with E-state index in [2.05, 4.69) is 43.4 Å². The van der Waals surface area contributed by atoms with E-state index in [0.29, 0.717) is 18.9 Å². The van der Waals surface area contributed by atoms with E-state index in [1.165, 1.54) is 10.8 Å². The lowest BCUT2D eigenvalue weighted by Gasteiger charge is -2.14. The molecule has 0 heterocycles. The molecule has 0 radical (unpaired) electrons. The van der Waals surface area contributed by atoms with Gasteiger partial charge < -0.3 is 11.1 Å². The van der Waals surface area contributed by atoms with Gasteiger partial charge in [0.1, 0.15) is 0 Å². The van der Waals surface area contributed by atoms with Gasteiger partial charge in [-0.1, -0.05) is 50.2 Å². The van der Waals surface area contributed by atoms with Crippen molar-refractivity contribution in [2.45, 2.75) is 32.9 Å². The highest BCUT2D eigenvalue weighted by atomic mass is 16.2. The van der Waals surface area contributed by atoms with Crippen molar-refractivity contribution in [1.82, 2.24) is 5.32 Å². The van der Waals surface area contributed by atoms with E-state index in [0.717, 1.165) is 5.56 Å². The minimum atomic E-state index is -0.421. The Kier molecular flexibility index (Phi) is 4.74. The van der Waals surface area contributed by atoms with Crippen LogP contribution in [0.2, 0.25) is 0 Å². The van der Waals surface area contributed by atoms with Crippen LogP contribution in [0.15, 0.2) is 42.5 Å². The second-order valence-corrected chi connectivity index (χ2v) is 5.64. The molecule has 0 spiro atoms. The van der Waals surface area contributed by atoms with E-state index in [1.807, 2.05) is 18.2 Å². The van der Waals surface area contributed by atoms with Crippen molar-refractivity contribution in [1.29, 1.82) is 0 Å². The van der Waals surface area contributed by atoms with Crippen LogP contribution < -0.4 is 11.1 Å². The molecule has 0 unspecified atom stereocenters. The maximum atomic E-state index is 11.9. The quantitative estimate of drug-likeness (QED) is 0.877. The van der Waals surface area contributed by atoms with E-state index >= 15 is 0 Å². The van der Waals surface area contributed by atoms with Crippen LogP contribution in [-0.2, 0) is 11.3 Å². The Hall–Kier alpha value is -1.87. The summed E-state index contributed by atoms with van der Waals surface area (Å²) in [6, 6.07) is 14.0. The summed E-state index contributed by atoms with van der Waals surface area (Å²) < 4.78 is 0. The van der Waals surface area contributed by atoms with Gasteiger partial charge in [0.2, 0.25) is 5.91 Å². The van der Waals surface area contributed by atoms with E-state index in [9.17, 15) is 4.79 Å². The van der Waals surface area contributed by atoms with Crippen molar-refractivity contribution in [2.75, 3.05) is 0 Å². The molecular formula is C17H22N2O. The Morgan fingerprint density at radius 2 is 1.85 bits per heavy atom. The molecule has 0 saturated carbocycles. The molecule has 0 saturated heterocycles. The number of fused-ring (bicyclic) bond motifs is 1. The highest BCUT2D eigenvalue weighted by Crippen LogP contribution is 2.15. The number of carbonyl (C=O) groups is 1. The van der Waals surface area contributed by atoms with Crippen LogP contribution in [-0.4, -0.2) is 11.9 Å². The second kappa shape index (κ2) is 6.53. The zero-order valence-corrected chi connectivity index (χ0v) is 12.1. The number of hydrogen-bond donors (Lipinski definition) is 2. The molecular weight excluding hydrogens is 248 g/mol. The van der Waals surface area contributed by atoms with Gasteiger partial charge in [0.05, 0.1) is 6.04 Å². The van der Waals surface area contributed by atoms with Gasteiger partial charge in [0.25, 0.3) is 0 Å². The van der Waals surface area contributed by atoms with Gasteiger partial charge in [-0.15, -0.1) is 0 Å². The summed E-state index contributed by atoms with van der Waals surface area (Å²) in [7, 11) is 0. The van der Waals surface area contributed by atoms with Gasteiger partial charge >= 0.3 is 0 Å². The van der Waals surface area contributed by atoms with Gasteiger partial charge in [-0.05, 0) is 34.7 Å². The predicted octanol–water partition coefficient (Wildman–Crippen LogP) is 2.83. The van der Waals surface area contributed by atoms with Crippen LogP contribution in [0.3, 0.4) is 0 Å². The highest BCUT2D eigenvalue weighted by molar-refractivity contribution is 5.84. The summed E-state index contributed by atoms with van der Waals surface area (Å²) in [6.45, 7) is 4.66. The van der Waals surface area contributed by atoms with E-state index in [4.69, 9.17) is 5.73 Å². The largest absolute Gasteiger partial charge is 0.351 e. The molecule has 0 aromatic heterocycles. The first-order valence-electron chi connectivity index (χ1n) is 7.07. The second-order valence-electron chi connectivity index (χ2n) is 5.64. The lowest BCUT2D eigenvalue weighted by atomic mass is 10.0. The van der Waals surface area contributed by atoms with Crippen molar-refractivity contribution < 1.29 is 4.79 Å². The number of amides is 1. The van der Waals surface area contributed by atoms with Crippen molar-refractivity contribution in [3.63, 3.8) is 0 Å². The molecule has 3 N–H and O–H groups in total. The first-order chi connectivity index (χ1) is 9.56. The molecule has 2 aromatic rings. The summed E-state index contributed by atoms with van der Waals surface area (Å²) in [5, 5.41) is 5.30. The molecule has 2 aromatic carbocycles. The minimum absolute atomic E-state index is 0.0770. The van der Waals surface area contributed by atoms with Crippen LogP contribution >= 0.6 is 0 Å². The molecule has 0 bridgehead atoms. The summed E-state index contributed by atoms with van der Waals surface area (Å²) in [5.74, 6) is 0.350. The summed E-state index contributed by atoms with van der Waals surface area (Å²) in [4.78, 5) is 11.9. The van der Waals surface area contributed by atoms with Crippen LogP contribution in [0.4, 0.5) is 0 Å². The average molecular weight is 270 g/mol. The molecule has 0 fully saturated rings. The minimum Gasteiger partial charge on any atom is -0.351 e. The first-order valence-corrected chi connectivity index (χ1v) is 7.07. The normalized spacial score (nSPS) is 12.6. The Bertz CT molecular complexity index is 592. The van der Waals surface area contributed by atoms with Crippen LogP contribution in [0.1, 0.15) is 25.8 Å². The SMILES string of the molecule is CC(C)C[C@H](N)C(=O)NCc1ccc2ccccc2c1. The third-order valence-electron chi connectivity index (χ3n) is 3.34. The fraction of sp³-hybridized carbons (Fsp3) is 0.353. The summed E-state index contributed by atoms with van der Waals surface area (Å²) in [5.41, 5.74) is 6.95. The number of hydrogen-bond acceptors (Lipinski definition) is 2. The number of rotatable bonds is 5. The van der Waals surface area contributed by atoms with E-state index in [1.54, 1.807) is 0 Å². The molecule has 3 nitrogen and oxygen atoms in total. The van der Waals surface area contributed by atoms with Gasteiger partial charge in [0.15, 0.2) is 0 Å². The van der Waals surface area contributed by atoms with E-state index in [-0.39, 0.29) is 5.91 Å². The lowest BCUT2D eigenvalue weighted by Crippen LogP contribution is -2.41. The Balaban J connectivity index is 1.97. The molecule has 1 amide bonds. The predicted molar refractivity (Wildman–Crippen MR) is 83.2 cm³/mol. The fourth-order valence-corrected chi connectivity index (χ4v) is 2.28. The number of benzene rings is 2. The zero-order valence-electron chi connectivity index (χ0n) is 12.1. The van der Waals surface area contributed by atoms with Crippen LogP contribution in [0, 0.1) is 5.92 Å². The number of nitrogens with one attached hydrogen (secondary N) is 1.